The minimum absolute atomic E-state index is 0.0147. The van der Waals surface area contributed by atoms with Crippen LogP contribution in [0.25, 0.3) is 64.6 Å². The molecule has 0 amide bonds. The van der Waals surface area contributed by atoms with Gasteiger partial charge in [0.05, 0.1) is 52.0 Å². The van der Waals surface area contributed by atoms with Gasteiger partial charge in [-0.3, -0.25) is 29.3 Å². The summed E-state index contributed by atoms with van der Waals surface area (Å²) in [6, 6.07) is 69.8. The van der Waals surface area contributed by atoms with Gasteiger partial charge in [0.2, 0.25) is 11.4 Å². The van der Waals surface area contributed by atoms with Gasteiger partial charge in [0.1, 0.15) is 24.8 Å². The Hall–Kier alpha value is -12.9. The van der Waals surface area contributed by atoms with E-state index < -0.39 is 44.3 Å². The maximum Gasteiger partial charge on any atom is 0.305 e. The molecule has 16 nitrogen and oxygen atoms in total. The molecule has 0 aromatic heterocycles. The van der Waals surface area contributed by atoms with Crippen LogP contribution in [0.5, 0.6) is 5.75 Å². The topological polar surface area (TPSA) is 192 Å². The van der Waals surface area contributed by atoms with E-state index >= 15 is 4.39 Å². The van der Waals surface area contributed by atoms with Crippen molar-refractivity contribution in [3.8, 4) is 5.75 Å². The van der Waals surface area contributed by atoms with E-state index in [1.165, 1.54) is 29.3 Å². The number of halogens is 3. The van der Waals surface area contributed by atoms with Gasteiger partial charge in [-0.2, -0.15) is 9.15 Å². The molecule has 4 aliphatic heterocycles. The van der Waals surface area contributed by atoms with Gasteiger partial charge >= 0.3 is 11.9 Å². The smallest absolute Gasteiger partial charge is 0.305 e. The average molecular weight is 1730 g/mol. The summed E-state index contributed by atoms with van der Waals surface area (Å²) in [4.78, 5) is 64.8. The third-order valence-corrected chi connectivity index (χ3v) is 25.5. The molecular formula is C104H96BrClFN5O11+2. The number of carbonyl (C=O) groups excluding carboxylic acids is 2. The van der Waals surface area contributed by atoms with E-state index in [0.29, 0.717) is 56.9 Å². The van der Waals surface area contributed by atoms with Gasteiger partial charge in [0.25, 0.3) is 18.6 Å². The molecule has 12 aromatic carbocycles. The number of nitrogens with zero attached hydrogens (tertiary/aromatic N) is 5. The molecule has 0 fully saturated rings. The van der Waals surface area contributed by atoms with E-state index in [0.717, 1.165) is 149 Å². The zero-order valence-electron chi connectivity index (χ0n) is 70.0. The Bertz CT molecular complexity index is 6590. The summed E-state index contributed by atoms with van der Waals surface area (Å²) < 4.78 is 36.7. The number of allylic oxidation sites excluding steroid dienone is 13. The van der Waals surface area contributed by atoms with E-state index in [2.05, 4.69) is 235 Å². The zero-order valence-corrected chi connectivity index (χ0v) is 72.3. The number of anilines is 2. The average Bonchev–Trinajstić information content (AvgIpc) is 1.54. The maximum absolute atomic E-state index is 16.4. The molecule has 123 heavy (non-hydrogen) atoms. The Balaban J connectivity index is 0.000000194. The SMILES string of the molecule is CCOc1ccc2ccc3c(c2c1)C(C)(C)C(C=CC(F)=CC=C1N(CCC(=O)O)c2c(c4ccccc4c4ccccc24)C1(C)C/C=C/Br)=[N+]3CCOC=O.Cc1ccc(CC2(Cc3ccccc3C)C(=CC=C(Cl)C=CC3=[N+](CCOC=O)c4c(ccc5ccc([N+](=O)[O-])cc45)C3(C)C)N(CCC(=O)O)c3c2c2ccccc2c2ccccc32)cc1. The number of ether oxygens (including phenoxy) is 3. The summed E-state index contributed by atoms with van der Waals surface area (Å²) in [6.07, 6.45) is 18.1. The van der Waals surface area contributed by atoms with Crippen LogP contribution in [0.15, 0.2) is 288 Å². The summed E-state index contributed by atoms with van der Waals surface area (Å²) in [6.45, 7) is 19.6. The molecule has 0 saturated heterocycles. The van der Waals surface area contributed by atoms with Gasteiger partial charge in [-0.1, -0.05) is 203 Å². The van der Waals surface area contributed by atoms with Gasteiger partial charge in [-0.15, -0.1) is 0 Å². The largest absolute Gasteiger partial charge is 0.494 e. The molecule has 0 aliphatic carbocycles. The van der Waals surface area contributed by atoms with Gasteiger partial charge in [-0.05, 0) is 217 Å². The third-order valence-electron chi connectivity index (χ3n) is 24.9. The van der Waals surface area contributed by atoms with Gasteiger partial charge in [0, 0.05) is 92.6 Å². The molecule has 2 N–H and O–H groups in total. The number of nitro groups is 1. The summed E-state index contributed by atoms with van der Waals surface area (Å²) in [5.74, 6) is -1.49. The van der Waals surface area contributed by atoms with Crippen molar-refractivity contribution in [3.63, 3.8) is 0 Å². The maximum atomic E-state index is 16.4. The van der Waals surface area contributed by atoms with E-state index in [4.69, 9.17) is 25.8 Å². The number of carboxylic acid groups (broad SMARTS) is 2. The Morgan fingerprint density at radius 3 is 1.72 bits per heavy atom. The van der Waals surface area contributed by atoms with Crippen molar-refractivity contribution in [2.75, 3.05) is 55.8 Å². The Morgan fingerprint density at radius 1 is 0.577 bits per heavy atom. The molecule has 2 atom stereocenters. The number of hydrogen-bond acceptors (Lipinski definition) is 11. The first-order valence-electron chi connectivity index (χ1n) is 41.4. The number of carboxylic acids is 2. The van der Waals surface area contributed by atoms with Crippen molar-refractivity contribution >= 4 is 157 Å². The van der Waals surface area contributed by atoms with Crippen LogP contribution in [0.2, 0.25) is 0 Å². The molecule has 0 spiro atoms. The van der Waals surface area contributed by atoms with Crippen LogP contribution in [-0.2, 0) is 63.2 Å². The Morgan fingerprint density at radius 2 is 1.11 bits per heavy atom. The van der Waals surface area contributed by atoms with Crippen molar-refractivity contribution in [2.45, 2.75) is 109 Å². The normalized spacial score (nSPS) is 17.8. The monoisotopic (exact) mass is 1720 g/mol. The van der Waals surface area contributed by atoms with Crippen LogP contribution in [-0.4, -0.2) is 107 Å². The molecule has 0 bridgehead atoms. The molecular weight excluding hydrogens is 1630 g/mol. The second kappa shape index (κ2) is 35.7. The lowest BCUT2D eigenvalue weighted by atomic mass is 9.68. The van der Waals surface area contributed by atoms with Gasteiger partial charge < -0.3 is 34.2 Å². The Kier molecular flexibility index (Phi) is 24.7. The lowest BCUT2D eigenvalue weighted by Gasteiger charge is -2.35. The summed E-state index contributed by atoms with van der Waals surface area (Å²) in [7, 11) is 0. The quantitative estimate of drug-likeness (QED) is 0.00857. The second-order valence-corrected chi connectivity index (χ2v) is 34.0. The highest BCUT2D eigenvalue weighted by atomic mass is 79.9. The number of aryl methyl sites for hydroxylation is 2. The first-order chi connectivity index (χ1) is 59.4. The van der Waals surface area contributed by atoms with E-state index in [-0.39, 0.29) is 44.8 Å². The van der Waals surface area contributed by atoms with Crippen LogP contribution < -0.4 is 14.5 Å². The second-order valence-electron chi connectivity index (χ2n) is 33.0. The lowest BCUT2D eigenvalue weighted by Crippen LogP contribution is -2.36. The number of carbonyl (C=O) groups is 4. The zero-order chi connectivity index (χ0) is 86.7. The van der Waals surface area contributed by atoms with Crippen LogP contribution >= 0.6 is 27.5 Å². The minimum atomic E-state index is -0.906. The fourth-order valence-corrected chi connectivity index (χ4v) is 19.7. The van der Waals surface area contributed by atoms with Crippen LogP contribution in [0, 0.1) is 24.0 Å². The fraction of sp³-hybridized carbons (Fsp3) is 0.231. The molecule has 19 heteroatoms. The highest BCUT2D eigenvalue weighted by Crippen LogP contribution is 2.60. The van der Waals surface area contributed by atoms with Crippen molar-refractivity contribution in [3.05, 3.63) is 343 Å². The molecule has 4 aliphatic rings. The van der Waals surface area contributed by atoms with Crippen LogP contribution in [0.4, 0.5) is 32.8 Å². The molecule has 622 valence electrons. The molecule has 0 radical (unpaired) electrons. The number of non-ortho nitro benzene ring substituents is 1. The van der Waals surface area contributed by atoms with E-state index in [9.17, 15) is 39.5 Å². The number of benzene rings is 12. The molecule has 12 aromatic rings. The summed E-state index contributed by atoms with van der Waals surface area (Å²) >= 11 is 10.8. The van der Waals surface area contributed by atoms with E-state index in [1.807, 2.05) is 90.8 Å². The number of aliphatic carboxylic acids is 2. The van der Waals surface area contributed by atoms with E-state index in [1.54, 1.807) is 12.1 Å². The first kappa shape index (κ1) is 85.1. The molecule has 2 unspecified atom stereocenters. The van der Waals surface area contributed by atoms with Crippen molar-refractivity contribution in [1.29, 1.82) is 0 Å². The van der Waals surface area contributed by atoms with Crippen molar-refractivity contribution in [2.24, 2.45) is 0 Å². The highest BCUT2D eigenvalue weighted by Gasteiger charge is 2.52. The predicted molar refractivity (Wildman–Crippen MR) is 497 cm³/mol. The number of rotatable bonds is 29. The third kappa shape index (κ3) is 16.2. The molecule has 4 heterocycles. The van der Waals surface area contributed by atoms with Crippen molar-refractivity contribution in [1.82, 2.24) is 0 Å². The molecule has 16 rings (SSSR count). The standard InChI is InChI=1S/C57H50ClN3O6.C47H44BrFN2O5/c1-37-17-19-39(20-18-37)34-57(35-41-12-6-5-11-38(41)2)51(59(30-29-52(63)64)55-47-16-10-8-14-45(47)44-13-7-9-15-46(44)53(55)57)28-24-42(58)23-27-50-56(3,4)49-26-22-40-21-25-43(61(65)66)33-48(40)54(49)60(50)31-32-67-36-62;1-5-56-33-19-15-31-16-20-39-43(38(31)29-33)46(2,3)40(50(39)27-28-55-30-52)21-17-32(49)18-22-41-47(4,24-10-25-48)44-36-13-8-6-11-34(36)35-12-7-9-14-37(35)45(44)51(41)26-23-42(53)54/h5-28,33,36H,29-32,34-35H2,1-4H3;6-22,25,29-30H,5,23-24,26-28H2,1-4H3/p+2/b;25-10+. The molecule has 0 saturated carbocycles. The summed E-state index contributed by atoms with van der Waals surface area (Å²) in [5.41, 5.74) is 13.8. The van der Waals surface area contributed by atoms with Gasteiger partial charge in [-0.25, -0.2) is 4.39 Å². The van der Waals surface area contributed by atoms with Crippen LogP contribution in [0.3, 0.4) is 0 Å². The fourth-order valence-electron chi connectivity index (χ4n) is 19.4. The number of nitro benzene ring substituents is 1. The van der Waals surface area contributed by atoms with Gasteiger partial charge in [0.15, 0.2) is 24.5 Å². The number of fused-ring (bicyclic) bond motifs is 18. The predicted octanol–water partition coefficient (Wildman–Crippen LogP) is 23.4. The van der Waals surface area contributed by atoms with Crippen LogP contribution in [0.1, 0.15) is 105 Å². The first-order valence-corrected chi connectivity index (χ1v) is 42.7. The summed E-state index contributed by atoms with van der Waals surface area (Å²) in [5, 5.41) is 44.9. The minimum Gasteiger partial charge on any atom is -0.494 e. The van der Waals surface area contributed by atoms with Crippen molar-refractivity contribution < 1.29 is 62.1 Å². The number of hydrogen-bond donors (Lipinski definition) is 2. The Labute approximate surface area is 727 Å². The highest BCUT2D eigenvalue weighted by molar-refractivity contribution is 9.11. The lowest BCUT2D eigenvalue weighted by molar-refractivity contribution is -0.440.